The summed E-state index contributed by atoms with van der Waals surface area (Å²) in [6.45, 7) is 17.3. The van der Waals surface area contributed by atoms with Crippen molar-refractivity contribution in [1.82, 2.24) is 48.8 Å². The summed E-state index contributed by atoms with van der Waals surface area (Å²) >= 11 is 13.1. The van der Waals surface area contributed by atoms with Crippen LogP contribution in [0, 0.1) is 11.6 Å². The zero-order valence-electron chi connectivity index (χ0n) is 76.0. The number of ether oxygens (including phenoxy) is 1. The highest BCUT2D eigenvalue weighted by Gasteiger charge is 2.35. The van der Waals surface area contributed by atoms with E-state index in [0.29, 0.717) is 161 Å². The predicted molar refractivity (Wildman–Crippen MR) is 505 cm³/mol. The predicted octanol–water partition coefficient (Wildman–Crippen LogP) is 18.8. The van der Waals surface area contributed by atoms with E-state index in [1.165, 1.54) is 16.6 Å². The van der Waals surface area contributed by atoms with E-state index >= 15 is 0 Å². The van der Waals surface area contributed by atoms with Crippen molar-refractivity contribution >= 4 is 114 Å². The number of aliphatic hydroxyl groups excluding tert-OH is 2. The molecule has 0 spiro atoms. The van der Waals surface area contributed by atoms with E-state index in [4.69, 9.17) is 52.3 Å². The zero-order chi connectivity index (χ0) is 94.9. The number of amides is 6. The Kier molecular flexibility index (Phi) is 27.9. The lowest BCUT2D eigenvalue weighted by molar-refractivity contribution is 0.0701. The minimum Gasteiger partial charge on any atom is -0.493 e. The van der Waals surface area contributed by atoms with Gasteiger partial charge in [-0.2, -0.15) is 0 Å². The number of nitrogens with one attached hydrogen (secondary N) is 2. The third kappa shape index (κ3) is 19.4. The van der Waals surface area contributed by atoms with E-state index in [9.17, 15) is 52.2 Å². The lowest BCUT2D eigenvalue weighted by Crippen LogP contribution is -2.32. The van der Waals surface area contributed by atoms with Gasteiger partial charge in [0.2, 0.25) is 0 Å². The van der Waals surface area contributed by atoms with Gasteiger partial charge in [-0.3, -0.25) is 48.8 Å². The van der Waals surface area contributed by atoms with Gasteiger partial charge in [0.1, 0.15) is 64.9 Å². The Morgan fingerprint density at radius 3 is 1.20 bits per heavy atom. The number of Topliss-reactive ketones (excluding diaryl/α,β-unsaturated/α-hetero) is 2. The van der Waals surface area contributed by atoms with E-state index in [1.54, 1.807) is 68.2 Å². The molecule has 0 saturated carbocycles. The number of carbonyl (C=O) groups excluding carboxylic acids is 8. The van der Waals surface area contributed by atoms with Crippen molar-refractivity contribution < 1.29 is 81.3 Å². The van der Waals surface area contributed by atoms with Crippen LogP contribution in [0.2, 0.25) is 10.0 Å². The van der Waals surface area contributed by atoms with E-state index in [0.717, 1.165) is 109 Å². The van der Waals surface area contributed by atoms with Crippen LogP contribution in [-0.4, -0.2) is 152 Å². The maximum Gasteiger partial charge on any atom is 0.274 e. The van der Waals surface area contributed by atoms with Crippen molar-refractivity contribution in [3.63, 3.8) is 0 Å². The second-order valence-corrected chi connectivity index (χ2v) is 36.9. The summed E-state index contributed by atoms with van der Waals surface area (Å²) in [5, 5.41) is 38.6. The maximum atomic E-state index is 14.9. The van der Waals surface area contributed by atoms with Crippen molar-refractivity contribution in [2.24, 2.45) is 28.2 Å². The molecule has 4 aliphatic heterocycles. The Balaban J connectivity index is 0.000000136. The standard InChI is InChI=1S/C29H30FN3O4.C29H31N3O4.C24H25ClN2O4.C22H20ClFN2O3/c1-29(2,3)20-9-7-17(8-10-20)25-14-23-26(37-25)15-24(32(23)4)28(35)33-11-5-6-18-12-19(27(34)31-36)13-22(30)21(18)16-33;1-29(2,3)22-11-9-18(10-12-22)25-15-23-26(36-25)16-24(31(23)4)28(34)32-13-5-6-19-14-20(27(33)30-35)7-8-21(19)17-32;1-3-31-21-12-16(20(29)14-28)11-15-7-6-10-27(13-18(15)21)24(30)23-22(25)17-8-4-5-9-19(17)26(23)2;1-25-18-7-3-2-6-15(18)20(23)21(25)22(29)26-8-4-5-13-9-14(19(28)12-27)10-17(24)16(13)11-26/h7-10,12-15,36H,5-6,11,16H2,1-4H3,(H,31,34);7-12,14-16,35H,5-6,13,17H2,1-4H3,(H,30,33);4-5,8-9,11-12,28H,3,6-7,10,13-14H2,1-2H3;2-3,6-7,9-10,27H,4-5,8,11-12H2,1H3. The summed E-state index contributed by atoms with van der Waals surface area (Å²) < 4.78 is 55.1. The van der Waals surface area contributed by atoms with Gasteiger partial charge < -0.3 is 61.7 Å². The first kappa shape index (κ1) is 94.4. The molecule has 0 saturated heterocycles. The molecule has 8 aromatic carbocycles. The molecule has 6 N–H and O–H groups in total. The molecular weight excluding hydrogens is 1740 g/mol. The first-order valence-corrected chi connectivity index (χ1v) is 45.1. The minimum atomic E-state index is -0.769. The highest BCUT2D eigenvalue weighted by molar-refractivity contribution is 6.39. The van der Waals surface area contributed by atoms with Gasteiger partial charge in [0.15, 0.2) is 22.7 Å². The smallest absolute Gasteiger partial charge is 0.274 e. The third-order valence-electron chi connectivity index (χ3n) is 25.6. The number of fused-ring (bicyclic) bond motifs is 8. The van der Waals surface area contributed by atoms with Crippen LogP contribution in [0.15, 0.2) is 185 Å². The number of para-hydroxylation sites is 2. The topological polar surface area (TPSA) is 310 Å². The molecule has 10 heterocycles. The molecule has 0 bridgehead atoms. The lowest BCUT2D eigenvalue weighted by atomic mass is 9.86. The molecule has 0 unspecified atom stereocenters. The number of benzene rings is 8. The number of hydrogen-bond donors (Lipinski definition) is 6. The molecule has 29 heteroatoms. The highest BCUT2D eigenvalue weighted by atomic mass is 35.5. The Morgan fingerprint density at radius 1 is 0.414 bits per heavy atom. The van der Waals surface area contributed by atoms with Crippen molar-refractivity contribution in [2.75, 3.05) is 46.0 Å². The maximum absolute atomic E-state index is 14.9. The van der Waals surface area contributed by atoms with Gasteiger partial charge in [0.25, 0.3) is 35.4 Å². The van der Waals surface area contributed by atoms with Crippen molar-refractivity contribution in [3.05, 3.63) is 298 Å². The summed E-state index contributed by atoms with van der Waals surface area (Å²) in [5.41, 5.74) is 21.6. The Labute approximate surface area is 777 Å². The largest absolute Gasteiger partial charge is 0.493 e. The second kappa shape index (κ2) is 39.3. The van der Waals surface area contributed by atoms with Gasteiger partial charge in [-0.1, -0.05) is 156 Å². The van der Waals surface area contributed by atoms with E-state index in [-0.39, 0.29) is 64.5 Å². The van der Waals surface area contributed by atoms with Crippen molar-refractivity contribution in [3.8, 4) is 28.4 Å². The van der Waals surface area contributed by atoms with Crippen LogP contribution < -0.4 is 15.7 Å². The van der Waals surface area contributed by atoms with Gasteiger partial charge in [-0.15, -0.1) is 0 Å². The van der Waals surface area contributed by atoms with Crippen LogP contribution in [0.1, 0.15) is 213 Å². The monoisotopic (exact) mass is 1840 g/mol. The molecule has 0 fully saturated rings. The van der Waals surface area contributed by atoms with Crippen molar-refractivity contribution in [1.29, 1.82) is 0 Å². The van der Waals surface area contributed by atoms with Crippen LogP contribution >= 0.6 is 23.2 Å². The molecule has 133 heavy (non-hydrogen) atoms. The van der Waals surface area contributed by atoms with Crippen LogP contribution in [0.4, 0.5) is 8.78 Å². The number of carbonyl (C=O) groups is 8. The molecule has 0 aliphatic carbocycles. The number of hydroxylamine groups is 2. The first-order chi connectivity index (χ1) is 63.6. The van der Waals surface area contributed by atoms with E-state index in [1.807, 2.05) is 138 Å². The van der Waals surface area contributed by atoms with Crippen molar-refractivity contribution in [2.45, 2.75) is 137 Å². The molecule has 6 aromatic heterocycles. The number of aliphatic hydroxyl groups is 2. The van der Waals surface area contributed by atoms with E-state index in [2.05, 4.69) is 77.9 Å². The number of nitrogens with zero attached hydrogens (tertiary/aromatic N) is 8. The first-order valence-electron chi connectivity index (χ1n) is 44.3. The lowest BCUT2D eigenvalue weighted by Gasteiger charge is -2.23. The summed E-state index contributed by atoms with van der Waals surface area (Å²) in [5.74, 6) is -1.84. The quantitative estimate of drug-likeness (QED) is 0.0335. The molecule has 18 rings (SSSR count). The number of furan rings is 2. The Morgan fingerprint density at radius 2 is 0.789 bits per heavy atom. The van der Waals surface area contributed by atoms with Gasteiger partial charge >= 0.3 is 0 Å². The van der Waals surface area contributed by atoms with Gasteiger partial charge in [0, 0.05) is 177 Å². The molecule has 690 valence electrons. The number of ketones is 2. The molecule has 0 atom stereocenters. The summed E-state index contributed by atoms with van der Waals surface area (Å²) in [6, 6.07) is 53.6. The number of halogens is 4. The third-order valence-corrected chi connectivity index (χ3v) is 26.3. The SMILES string of the molecule is CCOc1cc(C(=O)CO)cc2c1CN(C(=O)c1c(Cl)c3ccccc3n1C)CCC2.Cn1c(C(=O)N2CCCc3cc(C(=O)CO)cc(F)c3C2)c(Cl)c2ccccc21.Cn1c(C(=O)N2CCCc3cc(C(=O)NO)cc(F)c3C2)cc2oc(-c3ccc(C(C)(C)C)cc3)cc21.Cn1c(C(=O)N2CCCc3cc(C(=O)NO)ccc3C2)cc2oc(-c3ccc(C(C)(C)C)cc3)cc21. The van der Waals surface area contributed by atoms with Gasteiger partial charge in [-0.25, -0.2) is 19.7 Å². The highest BCUT2D eigenvalue weighted by Crippen LogP contribution is 2.40. The fraction of sp³-hybridized carbons (Fsp3) is 0.308. The normalized spacial score (nSPS) is 13.9. The summed E-state index contributed by atoms with van der Waals surface area (Å²) in [4.78, 5) is 108. The number of hydrogen-bond acceptors (Lipinski definition) is 15. The number of aryl methyl sites for hydroxylation is 8. The molecule has 0 radical (unpaired) electrons. The summed E-state index contributed by atoms with van der Waals surface area (Å²) in [7, 11) is 7.36. The Hall–Kier alpha value is -13.3. The average Bonchev–Trinajstić information content (AvgIpc) is 1.63. The number of rotatable bonds is 14. The molecule has 25 nitrogen and oxygen atoms in total. The minimum absolute atomic E-state index is 0.0465. The molecule has 4 aliphatic rings. The van der Waals surface area contributed by atoms with E-state index < -0.39 is 42.4 Å². The fourth-order valence-corrected chi connectivity index (χ4v) is 18.8. The van der Waals surface area contributed by atoms with Crippen LogP contribution in [0.5, 0.6) is 5.75 Å². The van der Waals surface area contributed by atoms with Crippen LogP contribution in [0.25, 0.3) is 66.7 Å². The Bertz CT molecular complexity index is 6820. The number of aromatic nitrogens is 4. The second-order valence-electron chi connectivity index (χ2n) is 36.1. The molecule has 6 amide bonds. The van der Waals surface area contributed by atoms with Gasteiger partial charge in [0.05, 0.1) is 27.7 Å². The van der Waals surface area contributed by atoms with Crippen LogP contribution in [0.3, 0.4) is 0 Å². The van der Waals surface area contributed by atoms with Crippen LogP contribution in [-0.2, 0) is 90.9 Å². The fourth-order valence-electron chi connectivity index (χ4n) is 18.1. The molecule has 14 aromatic rings. The van der Waals surface area contributed by atoms with Gasteiger partial charge in [-0.05, 0) is 169 Å². The summed E-state index contributed by atoms with van der Waals surface area (Å²) in [6.07, 6.45) is 5.35. The zero-order valence-corrected chi connectivity index (χ0v) is 77.6. The average molecular weight is 1840 g/mol. The molecular formula is C104H106Cl2F2N10O15.